The molecule has 2 aromatic rings. The average Bonchev–Trinajstić information content (AvgIpc) is 3.57. The second-order valence-electron chi connectivity index (χ2n) is 13.0. The fraction of sp³-hybridized carbons (Fsp3) is 0.514. The van der Waals surface area contributed by atoms with E-state index in [2.05, 4.69) is 16.0 Å². The summed E-state index contributed by atoms with van der Waals surface area (Å²) in [6.07, 6.45) is 1.89. The van der Waals surface area contributed by atoms with Gasteiger partial charge in [-0.05, 0) is 55.5 Å². The largest absolute Gasteiger partial charge is 0.487 e. The molecule has 6 rings (SSSR count). The molecule has 2 saturated heterocycles. The number of piperidine rings is 1. The Kier molecular flexibility index (Phi) is 11.2. The zero-order chi connectivity index (χ0) is 34.4. The average molecular weight is 666 g/mol. The molecule has 2 fully saturated rings. The molecule has 12 nitrogen and oxygen atoms in total. The van der Waals surface area contributed by atoms with Gasteiger partial charge in [-0.25, -0.2) is 4.39 Å². The van der Waals surface area contributed by atoms with E-state index in [1.165, 1.54) is 17.9 Å². The summed E-state index contributed by atoms with van der Waals surface area (Å²) in [5.74, 6) is -2.25. The lowest BCUT2D eigenvalue weighted by atomic mass is 10.0. The zero-order valence-electron chi connectivity index (χ0n) is 27.6. The van der Waals surface area contributed by atoms with E-state index in [1.54, 1.807) is 47.4 Å². The van der Waals surface area contributed by atoms with Crippen molar-refractivity contribution < 1.29 is 37.8 Å². The Balaban J connectivity index is 1.32. The first-order valence-corrected chi connectivity index (χ1v) is 16.6. The van der Waals surface area contributed by atoms with Crippen molar-refractivity contribution >= 4 is 29.5 Å². The zero-order valence-corrected chi connectivity index (χ0v) is 27.6. The van der Waals surface area contributed by atoms with Crippen molar-refractivity contribution in [1.82, 2.24) is 25.8 Å². The molecule has 2 aromatic carbocycles. The smallest absolute Gasteiger partial charge is 0.258 e. The molecule has 258 valence electrons. The predicted octanol–water partition coefficient (Wildman–Crippen LogP) is 1.95. The van der Waals surface area contributed by atoms with Gasteiger partial charge in [0, 0.05) is 38.9 Å². The maximum Gasteiger partial charge on any atom is 0.258 e. The predicted molar refractivity (Wildman–Crippen MR) is 173 cm³/mol. The van der Waals surface area contributed by atoms with Gasteiger partial charge in [0.25, 0.3) is 5.91 Å². The minimum Gasteiger partial charge on any atom is -0.487 e. The standard InChI is InChI=1S/C35H44FN5O7/c1-21(2)31-35(46)41-16-6-8-28(41)33(44)37-22(3)32(43)38-27(19-23-10-12-24(13-11-23)47-20-30(42)39-31)34(45)40-17-14-25(15-18-40)48-29-9-5-4-7-26(29)36/h4-5,7,9-13,21-22,25,27-28,31H,6,8,14-20H2,1-3H3,(H,37,44)(H,38,43)(H,39,42)/t22-,27-,28+,31-/m0/s1. The quantitative estimate of drug-likeness (QED) is 0.453. The molecule has 4 heterocycles. The van der Waals surface area contributed by atoms with Crippen molar-refractivity contribution in [3.63, 3.8) is 0 Å². The number of ether oxygens (including phenoxy) is 2. The maximum atomic E-state index is 14.1. The molecule has 0 unspecified atom stereocenters. The highest BCUT2D eigenvalue weighted by Gasteiger charge is 2.40. The molecule has 0 saturated carbocycles. The number of likely N-dealkylation sites (tertiary alicyclic amines) is 1. The summed E-state index contributed by atoms with van der Waals surface area (Å²) >= 11 is 0. The van der Waals surface area contributed by atoms with Crippen LogP contribution in [0, 0.1) is 11.7 Å². The van der Waals surface area contributed by atoms with Gasteiger partial charge in [-0.3, -0.25) is 24.0 Å². The summed E-state index contributed by atoms with van der Waals surface area (Å²) in [6.45, 7) is 5.91. The maximum absolute atomic E-state index is 14.1. The van der Waals surface area contributed by atoms with E-state index < -0.39 is 47.7 Å². The van der Waals surface area contributed by atoms with Gasteiger partial charge >= 0.3 is 0 Å². The number of rotatable bonds is 4. The van der Waals surface area contributed by atoms with Gasteiger partial charge in [0.2, 0.25) is 23.6 Å². The Bertz CT molecular complexity index is 1490. The van der Waals surface area contributed by atoms with Crippen LogP contribution < -0.4 is 25.4 Å². The fourth-order valence-corrected chi connectivity index (χ4v) is 6.32. The van der Waals surface area contributed by atoms with Crippen LogP contribution in [0.15, 0.2) is 48.5 Å². The first-order valence-electron chi connectivity index (χ1n) is 16.6. The lowest BCUT2D eigenvalue weighted by Gasteiger charge is -2.35. The number of amides is 5. The SMILES string of the molecule is CC(C)[C@@H]1NC(=O)COc2ccc(cc2)C[C@@H](C(=O)N2CCC(Oc3ccccc3F)CC2)NC(=O)[C@H](C)NC(=O)[C@H]2CCCN2C1=O. The van der Waals surface area contributed by atoms with Crippen molar-refractivity contribution in [3.05, 3.63) is 59.9 Å². The Morgan fingerprint density at radius 3 is 2.31 bits per heavy atom. The van der Waals surface area contributed by atoms with E-state index in [0.717, 1.165) is 5.56 Å². The molecule has 2 bridgehead atoms. The number of hydrogen-bond donors (Lipinski definition) is 3. The summed E-state index contributed by atoms with van der Waals surface area (Å²) in [4.78, 5) is 70.3. The van der Waals surface area contributed by atoms with Crippen LogP contribution >= 0.6 is 0 Å². The van der Waals surface area contributed by atoms with Gasteiger partial charge in [-0.15, -0.1) is 0 Å². The molecule has 4 aliphatic rings. The number of carbonyl (C=O) groups excluding carboxylic acids is 5. The van der Waals surface area contributed by atoms with Gasteiger partial charge < -0.3 is 35.2 Å². The molecule has 48 heavy (non-hydrogen) atoms. The van der Waals surface area contributed by atoms with Gasteiger partial charge in [0.1, 0.15) is 36.0 Å². The van der Waals surface area contributed by atoms with E-state index in [1.807, 2.05) is 13.8 Å². The number of halogens is 1. The number of carbonyl (C=O) groups is 5. The van der Waals surface area contributed by atoms with Crippen molar-refractivity contribution in [3.8, 4) is 11.5 Å². The van der Waals surface area contributed by atoms with Gasteiger partial charge in [-0.1, -0.05) is 38.1 Å². The third kappa shape index (κ3) is 8.42. The molecule has 3 N–H and O–H groups in total. The van der Waals surface area contributed by atoms with Crippen molar-refractivity contribution in [1.29, 1.82) is 0 Å². The van der Waals surface area contributed by atoms with Gasteiger partial charge in [-0.2, -0.15) is 0 Å². The van der Waals surface area contributed by atoms with E-state index in [-0.39, 0.29) is 42.6 Å². The Morgan fingerprint density at radius 2 is 1.62 bits per heavy atom. The topological polar surface area (TPSA) is 146 Å². The van der Waals surface area contributed by atoms with Crippen LogP contribution in [0.5, 0.6) is 11.5 Å². The number of nitrogens with zero attached hydrogens (tertiary/aromatic N) is 2. The minimum atomic E-state index is -0.997. The molecule has 0 spiro atoms. The number of hydrogen-bond acceptors (Lipinski definition) is 7. The minimum absolute atomic E-state index is 0.165. The first kappa shape index (κ1) is 34.6. The molecule has 5 amide bonds. The second kappa shape index (κ2) is 15.5. The number of nitrogens with one attached hydrogen (secondary N) is 3. The molecule has 0 radical (unpaired) electrons. The van der Waals surface area contributed by atoms with E-state index in [4.69, 9.17) is 9.47 Å². The fourth-order valence-electron chi connectivity index (χ4n) is 6.32. The van der Waals surface area contributed by atoms with Crippen molar-refractivity contribution in [2.45, 2.75) is 83.1 Å². The summed E-state index contributed by atoms with van der Waals surface area (Å²) in [7, 11) is 0. The summed E-state index contributed by atoms with van der Waals surface area (Å²) in [5, 5.41) is 8.34. The second-order valence-corrected chi connectivity index (χ2v) is 13.0. The molecular weight excluding hydrogens is 621 g/mol. The van der Waals surface area contributed by atoms with Crippen LogP contribution in [0.3, 0.4) is 0 Å². The van der Waals surface area contributed by atoms with Gasteiger partial charge in [0.05, 0.1) is 0 Å². The van der Waals surface area contributed by atoms with Crippen LogP contribution in [0.4, 0.5) is 4.39 Å². The Morgan fingerprint density at radius 1 is 0.917 bits per heavy atom. The Hall–Kier alpha value is -4.68. The lowest BCUT2D eigenvalue weighted by molar-refractivity contribution is -0.143. The molecule has 4 aliphatic heterocycles. The third-order valence-corrected chi connectivity index (χ3v) is 9.07. The highest BCUT2D eigenvalue weighted by Crippen LogP contribution is 2.24. The monoisotopic (exact) mass is 665 g/mol. The summed E-state index contributed by atoms with van der Waals surface area (Å²) in [5.41, 5.74) is 0.741. The van der Waals surface area contributed by atoms with E-state index >= 15 is 0 Å². The van der Waals surface area contributed by atoms with Crippen LogP contribution in [0.2, 0.25) is 0 Å². The molecule has 0 aliphatic carbocycles. The van der Waals surface area contributed by atoms with Crippen LogP contribution in [0.1, 0.15) is 52.0 Å². The number of fused-ring (bicyclic) bond motifs is 13. The third-order valence-electron chi connectivity index (χ3n) is 9.07. The first-order chi connectivity index (χ1) is 23.0. The van der Waals surface area contributed by atoms with Crippen molar-refractivity contribution in [2.24, 2.45) is 5.92 Å². The highest BCUT2D eigenvalue weighted by molar-refractivity contribution is 5.96. The molecule has 4 atom stereocenters. The van der Waals surface area contributed by atoms with Crippen LogP contribution in [0.25, 0.3) is 0 Å². The summed E-state index contributed by atoms with van der Waals surface area (Å²) < 4.78 is 25.7. The summed E-state index contributed by atoms with van der Waals surface area (Å²) in [6, 6.07) is 9.45. The number of para-hydroxylation sites is 1. The van der Waals surface area contributed by atoms with Crippen LogP contribution in [-0.4, -0.2) is 95.8 Å². The number of benzene rings is 2. The van der Waals surface area contributed by atoms with Gasteiger partial charge in [0.15, 0.2) is 18.2 Å². The molecule has 13 heteroatoms. The van der Waals surface area contributed by atoms with E-state index in [9.17, 15) is 28.4 Å². The van der Waals surface area contributed by atoms with E-state index in [0.29, 0.717) is 51.1 Å². The lowest BCUT2D eigenvalue weighted by Crippen LogP contribution is -2.58. The molecule has 0 aromatic heterocycles. The molecular formula is C35H44FN5O7. The van der Waals surface area contributed by atoms with Crippen molar-refractivity contribution in [2.75, 3.05) is 26.2 Å². The normalized spacial score (nSPS) is 24.9. The van der Waals surface area contributed by atoms with Crippen LogP contribution in [-0.2, 0) is 30.4 Å². The Labute approximate surface area is 279 Å². The highest BCUT2D eigenvalue weighted by atomic mass is 19.1.